The van der Waals surface area contributed by atoms with Gasteiger partial charge in [0.2, 0.25) is 5.91 Å². The first kappa shape index (κ1) is 16.1. The standard InChI is InChI=1S/C17H22N2O3/c1-4-19-11-13(14-7-5-6-8-15(14)19)9-16(20)18(3)10-12(2)17(21)22/h5-8,11-12H,4,9-10H2,1-3H3,(H,21,22). The molecule has 0 aliphatic carbocycles. The van der Waals surface area contributed by atoms with Crippen LogP contribution < -0.4 is 0 Å². The first-order valence-electron chi connectivity index (χ1n) is 7.47. The molecule has 118 valence electrons. The van der Waals surface area contributed by atoms with Gasteiger partial charge < -0.3 is 14.6 Å². The Bertz CT molecular complexity index is 690. The third-order valence-electron chi connectivity index (χ3n) is 3.95. The number of rotatable bonds is 6. The lowest BCUT2D eigenvalue weighted by atomic mass is 10.1. The van der Waals surface area contributed by atoms with E-state index in [0.29, 0.717) is 0 Å². The number of hydrogen-bond donors (Lipinski definition) is 1. The summed E-state index contributed by atoms with van der Waals surface area (Å²) < 4.78 is 2.12. The molecule has 0 saturated carbocycles. The predicted octanol–water partition coefficient (Wildman–Crippen LogP) is 2.38. The summed E-state index contributed by atoms with van der Waals surface area (Å²) in [6.07, 6.45) is 2.30. The largest absolute Gasteiger partial charge is 0.481 e. The maximum absolute atomic E-state index is 12.3. The molecule has 2 aromatic rings. The summed E-state index contributed by atoms with van der Waals surface area (Å²) in [6, 6.07) is 8.01. The van der Waals surface area contributed by atoms with E-state index in [0.717, 1.165) is 23.0 Å². The van der Waals surface area contributed by atoms with Crippen LogP contribution in [0, 0.1) is 5.92 Å². The lowest BCUT2D eigenvalue weighted by Gasteiger charge is -2.19. The monoisotopic (exact) mass is 302 g/mol. The Morgan fingerprint density at radius 1 is 1.32 bits per heavy atom. The maximum Gasteiger partial charge on any atom is 0.308 e. The smallest absolute Gasteiger partial charge is 0.308 e. The number of carboxylic acids is 1. The number of carbonyl (C=O) groups excluding carboxylic acids is 1. The minimum Gasteiger partial charge on any atom is -0.481 e. The molecular weight excluding hydrogens is 280 g/mol. The van der Waals surface area contributed by atoms with Crippen molar-refractivity contribution >= 4 is 22.8 Å². The van der Waals surface area contributed by atoms with Crippen molar-refractivity contribution in [3.8, 4) is 0 Å². The van der Waals surface area contributed by atoms with Crippen molar-refractivity contribution in [1.82, 2.24) is 9.47 Å². The van der Waals surface area contributed by atoms with Gasteiger partial charge in [-0.25, -0.2) is 0 Å². The summed E-state index contributed by atoms with van der Waals surface area (Å²) >= 11 is 0. The number of para-hydroxylation sites is 1. The maximum atomic E-state index is 12.3. The summed E-state index contributed by atoms with van der Waals surface area (Å²) in [5.41, 5.74) is 2.10. The lowest BCUT2D eigenvalue weighted by molar-refractivity contribution is -0.142. The van der Waals surface area contributed by atoms with Crippen molar-refractivity contribution in [1.29, 1.82) is 0 Å². The van der Waals surface area contributed by atoms with Crippen molar-refractivity contribution < 1.29 is 14.7 Å². The summed E-state index contributed by atoms with van der Waals surface area (Å²) in [6.45, 7) is 4.74. The normalized spacial score (nSPS) is 12.3. The van der Waals surface area contributed by atoms with Gasteiger partial charge in [0.05, 0.1) is 12.3 Å². The number of aliphatic carboxylic acids is 1. The number of likely N-dealkylation sites (N-methyl/N-ethyl adjacent to an activating group) is 1. The summed E-state index contributed by atoms with van der Waals surface area (Å²) in [7, 11) is 1.65. The van der Waals surface area contributed by atoms with Gasteiger partial charge in [0, 0.05) is 37.2 Å². The molecule has 1 N–H and O–H groups in total. The van der Waals surface area contributed by atoms with Gasteiger partial charge in [-0.05, 0) is 18.6 Å². The Morgan fingerprint density at radius 3 is 2.64 bits per heavy atom. The summed E-state index contributed by atoms with van der Waals surface area (Å²) in [5, 5.41) is 10.0. The van der Waals surface area contributed by atoms with Gasteiger partial charge in [-0.1, -0.05) is 25.1 Å². The van der Waals surface area contributed by atoms with E-state index in [1.165, 1.54) is 4.90 Å². The Balaban J connectivity index is 2.17. The van der Waals surface area contributed by atoms with E-state index in [2.05, 4.69) is 11.5 Å². The Hall–Kier alpha value is -2.30. The Morgan fingerprint density at radius 2 is 2.00 bits per heavy atom. The fraction of sp³-hybridized carbons (Fsp3) is 0.412. The molecule has 2 rings (SSSR count). The second kappa shape index (κ2) is 6.64. The molecule has 0 fully saturated rings. The van der Waals surface area contributed by atoms with Crippen molar-refractivity contribution in [3.05, 3.63) is 36.0 Å². The molecule has 0 radical (unpaired) electrons. The molecule has 1 atom stereocenters. The minimum atomic E-state index is -0.887. The quantitative estimate of drug-likeness (QED) is 0.891. The van der Waals surface area contributed by atoms with E-state index in [1.807, 2.05) is 30.5 Å². The van der Waals surface area contributed by atoms with E-state index in [-0.39, 0.29) is 18.9 Å². The average molecular weight is 302 g/mol. The molecule has 1 unspecified atom stereocenters. The van der Waals surface area contributed by atoms with Crippen molar-refractivity contribution in [2.45, 2.75) is 26.8 Å². The third kappa shape index (κ3) is 3.30. The highest BCUT2D eigenvalue weighted by Crippen LogP contribution is 2.22. The third-order valence-corrected chi connectivity index (χ3v) is 3.95. The van der Waals surface area contributed by atoms with Crippen molar-refractivity contribution in [3.63, 3.8) is 0 Å². The molecule has 0 aliphatic rings. The van der Waals surface area contributed by atoms with E-state index < -0.39 is 11.9 Å². The highest BCUT2D eigenvalue weighted by molar-refractivity contribution is 5.89. The molecular formula is C17H22N2O3. The number of hydrogen-bond acceptors (Lipinski definition) is 2. The van der Waals surface area contributed by atoms with Gasteiger partial charge in [-0.3, -0.25) is 9.59 Å². The number of carboxylic acid groups (broad SMARTS) is 1. The first-order chi connectivity index (χ1) is 10.4. The van der Waals surface area contributed by atoms with Crippen molar-refractivity contribution in [2.24, 2.45) is 5.92 Å². The number of amides is 1. The molecule has 1 heterocycles. The molecule has 0 aliphatic heterocycles. The molecule has 22 heavy (non-hydrogen) atoms. The molecule has 1 aromatic heterocycles. The minimum absolute atomic E-state index is 0.0629. The molecule has 0 bridgehead atoms. The van der Waals surface area contributed by atoms with Crippen molar-refractivity contribution in [2.75, 3.05) is 13.6 Å². The van der Waals surface area contributed by atoms with Gasteiger partial charge >= 0.3 is 5.97 Å². The molecule has 5 heteroatoms. The van der Waals surface area contributed by atoms with Crippen LogP contribution in [0.25, 0.3) is 10.9 Å². The van der Waals surface area contributed by atoms with Gasteiger partial charge in [0.1, 0.15) is 0 Å². The summed E-state index contributed by atoms with van der Waals surface area (Å²) in [5.74, 6) is -1.51. The van der Waals surface area contributed by atoms with Crippen LogP contribution in [0.2, 0.25) is 0 Å². The second-order valence-electron chi connectivity index (χ2n) is 5.65. The number of carbonyl (C=O) groups is 2. The SMILES string of the molecule is CCn1cc(CC(=O)N(C)CC(C)C(=O)O)c2ccccc21. The number of aryl methyl sites for hydroxylation is 1. The molecule has 0 spiro atoms. The van der Waals surface area contributed by atoms with Crippen LogP contribution >= 0.6 is 0 Å². The zero-order valence-electron chi connectivity index (χ0n) is 13.2. The van der Waals surface area contributed by atoms with E-state index in [1.54, 1.807) is 14.0 Å². The summed E-state index contributed by atoms with van der Waals surface area (Å²) in [4.78, 5) is 24.7. The molecule has 1 aromatic carbocycles. The number of aromatic nitrogens is 1. The van der Waals surface area contributed by atoms with Crippen LogP contribution in [-0.2, 0) is 22.6 Å². The van der Waals surface area contributed by atoms with Gasteiger partial charge in [0.15, 0.2) is 0 Å². The van der Waals surface area contributed by atoms with Crippen LogP contribution in [-0.4, -0.2) is 40.0 Å². The van der Waals surface area contributed by atoms with Crippen LogP contribution in [0.15, 0.2) is 30.5 Å². The van der Waals surface area contributed by atoms with E-state index >= 15 is 0 Å². The second-order valence-corrected chi connectivity index (χ2v) is 5.65. The number of benzene rings is 1. The number of nitrogens with zero attached hydrogens (tertiary/aromatic N) is 2. The average Bonchev–Trinajstić information content (AvgIpc) is 2.85. The molecule has 1 amide bonds. The molecule has 5 nitrogen and oxygen atoms in total. The van der Waals surface area contributed by atoms with E-state index in [9.17, 15) is 9.59 Å². The van der Waals surface area contributed by atoms with Gasteiger partial charge in [0.25, 0.3) is 0 Å². The Labute approximate surface area is 130 Å². The highest BCUT2D eigenvalue weighted by atomic mass is 16.4. The lowest BCUT2D eigenvalue weighted by Crippen LogP contribution is -2.34. The van der Waals surface area contributed by atoms with E-state index in [4.69, 9.17) is 5.11 Å². The first-order valence-corrected chi connectivity index (χ1v) is 7.47. The Kier molecular flexibility index (Phi) is 4.85. The van der Waals surface area contributed by atoms with Crippen LogP contribution in [0.5, 0.6) is 0 Å². The van der Waals surface area contributed by atoms with Gasteiger partial charge in [-0.2, -0.15) is 0 Å². The molecule has 0 saturated heterocycles. The zero-order valence-corrected chi connectivity index (χ0v) is 13.2. The van der Waals surface area contributed by atoms with Crippen LogP contribution in [0.4, 0.5) is 0 Å². The fourth-order valence-electron chi connectivity index (χ4n) is 2.61. The van der Waals surface area contributed by atoms with Crippen LogP contribution in [0.3, 0.4) is 0 Å². The zero-order chi connectivity index (χ0) is 16.3. The fourth-order valence-corrected chi connectivity index (χ4v) is 2.61. The highest BCUT2D eigenvalue weighted by Gasteiger charge is 2.19. The topological polar surface area (TPSA) is 62.5 Å². The van der Waals surface area contributed by atoms with Crippen LogP contribution in [0.1, 0.15) is 19.4 Å². The van der Waals surface area contributed by atoms with Gasteiger partial charge in [-0.15, -0.1) is 0 Å². The predicted molar refractivity (Wildman–Crippen MR) is 85.8 cm³/mol. The number of fused-ring (bicyclic) bond motifs is 1.